The molecule has 0 spiro atoms. The molecule has 5 heteroatoms. The van der Waals surface area contributed by atoms with Crippen LogP contribution >= 0.6 is 0 Å². The smallest absolute Gasteiger partial charge is 0.209 e. The lowest BCUT2D eigenvalue weighted by Crippen LogP contribution is -2.20. The van der Waals surface area contributed by atoms with E-state index < -0.39 is 0 Å². The van der Waals surface area contributed by atoms with Crippen LogP contribution in [0.5, 0.6) is 5.75 Å². The molecular weight excluding hydrogens is 276 g/mol. The third-order valence-electron chi connectivity index (χ3n) is 3.80. The van der Waals surface area contributed by atoms with E-state index >= 15 is 0 Å². The number of aromatic nitrogens is 2. The highest BCUT2D eigenvalue weighted by molar-refractivity contribution is 5.96. The first-order chi connectivity index (χ1) is 10.9. The highest BCUT2D eigenvalue weighted by Crippen LogP contribution is 2.34. The minimum Gasteiger partial charge on any atom is -0.494 e. The lowest BCUT2D eigenvalue weighted by atomic mass is 10.0. The summed E-state index contributed by atoms with van der Waals surface area (Å²) in [5.74, 6) is 1.60. The van der Waals surface area contributed by atoms with Crippen molar-refractivity contribution in [3.63, 3.8) is 0 Å². The normalized spacial score (nSPS) is 13.6. The van der Waals surface area contributed by atoms with E-state index in [2.05, 4.69) is 28.5 Å². The van der Waals surface area contributed by atoms with Gasteiger partial charge < -0.3 is 15.0 Å². The fourth-order valence-corrected chi connectivity index (χ4v) is 2.70. The van der Waals surface area contributed by atoms with Crippen LogP contribution in [0.15, 0.2) is 54.9 Å². The fraction of sp³-hybridized carbons (Fsp3) is 0.118. The topological polar surface area (TPSA) is 53.2 Å². The zero-order chi connectivity index (χ0) is 14.9. The van der Waals surface area contributed by atoms with Gasteiger partial charge in [0.1, 0.15) is 16.8 Å². The zero-order valence-corrected chi connectivity index (χ0v) is 12.2. The molecular formula is C17H16N4O. The molecule has 110 valence electrons. The summed E-state index contributed by atoms with van der Waals surface area (Å²) in [6.07, 6.45) is 3.87. The van der Waals surface area contributed by atoms with Crippen LogP contribution in [0.25, 0.3) is 22.2 Å². The van der Waals surface area contributed by atoms with Crippen LogP contribution in [0.1, 0.15) is 0 Å². The first kappa shape index (κ1) is 12.8. The first-order valence-corrected chi connectivity index (χ1v) is 7.15. The number of rotatable bonds is 3. The molecule has 5 nitrogen and oxygen atoms in total. The highest BCUT2D eigenvalue weighted by atomic mass is 16.5. The Balaban J connectivity index is 1.93. The van der Waals surface area contributed by atoms with Crippen molar-refractivity contribution < 1.29 is 4.74 Å². The molecule has 1 aliphatic rings. The van der Waals surface area contributed by atoms with Crippen LogP contribution in [-0.4, -0.2) is 23.7 Å². The molecule has 0 aliphatic carbocycles. The minimum atomic E-state index is 0.711. The number of methoxy groups -OCH3 is 1. The average Bonchev–Trinajstić information content (AvgIpc) is 3.23. The van der Waals surface area contributed by atoms with Crippen molar-refractivity contribution in [3.05, 3.63) is 54.9 Å². The van der Waals surface area contributed by atoms with E-state index in [0.29, 0.717) is 6.67 Å². The predicted octanol–water partition coefficient (Wildman–Crippen LogP) is 3.08. The van der Waals surface area contributed by atoms with Gasteiger partial charge >= 0.3 is 0 Å². The summed E-state index contributed by atoms with van der Waals surface area (Å²) in [7, 11) is 1.68. The van der Waals surface area contributed by atoms with E-state index in [0.717, 1.165) is 33.9 Å². The van der Waals surface area contributed by atoms with Crippen LogP contribution in [0.4, 0.5) is 5.95 Å². The van der Waals surface area contributed by atoms with Crippen molar-refractivity contribution >= 4 is 17.0 Å². The van der Waals surface area contributed by atoms with Gasteiger partial charge in [0.2, 0.25) is 5.95 Å². The van der Waals surface area contributed by atoms with Crippen LogP contribution in [0.2, 0.25) is 0 Å². The lowest BCUT2D eigenvalue weighted by Gasteiger charge is -2.09. The number of fused-ring (bicyclic) bond motifs is 1. The van der Waals surface area contributed by atoms with Crippen LogP contribution in [-0.2, 0) is 0 Å². The summed E-state index contributed by atoms with van der Waals surface area (Å²) in [5, 5.41) is 3.14. The summed E-state index contributed by atoms with van der Waals surface area (Å²) in [4.78, 5) is 10.2. The summed E-state index contributed by atoms with van der Waals surface area (Å²) in [6, 6.07) is 14.3. The molecule has 2 aromatic carbocycles. The van der Waals surface area contributed by atoms with Gasteiger partial charge in [-0.15, -0.1) is 0 Å². The van der Waals surface area contributed by atoms with E-state index in [1.165, 1.54) is 0 Å². The maximum absolute atomic E-state index is 5.47. The Bertz CT molecular complexity index is 838. The van der Waals surface area contributed by atoms with E-state index in [1.807, 2.05) is 41.6 Å². The van der Waals surface area contributed by atoms with Gasteiger partial charge in [0.05, 0.1) is 13.8 Å². The van der Waals surface area contributed by atoms with Crippen molar-refractivity contribution in [2.75, 3.05) is 18.7 Å². The molecule has 2 N–H and O–H groups in total. The summed E-state index contributed by atoms with van der Waals surface area (Å²) < 4.78 is 5.47. The number of hydrogen-bond donors (Lipinski definition) is 2. The number of H-pyrrole nitrogens is 1. The maximum atomic E-state index is 5.47. The van der Waals surface area contributed by atoms with Gasteiger partial charge in [-0.25, -0.2) is 4.98 Å². The number of nitrogens with one attached hydrogen (secondary N) is 2. The quantitative estimate of drug-likeness (QED) is 0.779. The van der Waals surface area contributed by atoms with Crippen molar-refractivity contribution in [3.8, 4) is 16.9 Å². The Hall–Kier alpha value is -2.95. The molecule has 0 fully saturated rings. The predicted molar refractivity (Wildman–Crippen MR) is 87.7 cm³/mol. The lowest BCUT2D eigenvalue weighted by molar-refractivity contribution is 0.419. The molecule has 22 heavy (non-hydrogen) atoms. The van der Waals surface area contributed by atoms with Crippen molar-refractivity contribution in [1.29, 1.82) is 0 Å². The highest BCUT2D eigenvalue weighted by Gasteiger charge is 2.17. The molecule has 0 unspecified atom stereocenters. The van der Waals surface area contributed by atoms with Gasteiger partial charge in [-0.3, -0.25) is 4.90 Å². The minimum absolute atomic E-state index is 0.711. The van der Waals surface area contributed by atoms with Crippen LogP contribution in [0, 0.1) is 0 Å². The number of nitrogens with zero attached hydrogens (tertiary/aromatic N) is 2. The Kier molecular flexibility index (Phi) is 2.96. The number of benzene rings is 2. The van der Waals surface area contributed by atoms with Gasteiger partial charge in [-0.05, 0) is 17.7 Å². The van der Waals surface area contributed by atoms with Gasteiger partial charge in [-0.2, -0.15) is 0 Å². The molecule has 2 heterocycles. The second kappa shape index (κ2) is 5.11. The van der Waals surface area contributed by atoms with E-state index in [9.17, 15) is 0 Å². The standard InChI is InChI=1S/C17H16N4O/c1-22-14-8-7-13(12-5-3-2-4-6-12)15-16(14)20-17(19-15)21-10-9-18-11-21/h2-10,18H,11H2,1H3,(H,19,20). The van der Waals surface area contributed by atoms with E-state index in [4.69, 9.17) is 9.72 Å². The van der Waals surface area contributed by atoms with Crippen molar-refractivity contribution in [2.24, 2.45) is 0 Å². The van der Waals surface area contributed by atoms with Gasteiger partial charge in [-0.1, -0.05) is 30.3 Å². The first-order valence-electron chi connectivity index (χ1n) is 7.15. The molecule has 3 aromatic rings. The SMILES string of the molecule is COc1ccc(-c2ccccc2)c2nc(N3C=CNC3)[nH]c12. The molecule has 1 aliphatic heterocycles. The zero-order valence-electron chi connectivity index (χ0n) is 12.2. The fourth-order valence-electron chi connectivity index (χ4n) is 2.70. The molecule has 0 saturated heterocycles. The Morgan fingerprint density at radius 1 is 1.14 bits per heavy atom. The molecule has 0 saturated carbocycles. The summed E-state index contributed by atoms with van der Waals surface area (Å²) >= 11 is 0. The van der Waals surface area contributed by atoms with Crippen LogP contribution < -0.4 is 15.0 Å². The Morgan fingerprint density at radius 2 is 2.00 bits per heavy atom. The van der Waals surface area contributed by atoms with E-state index in [-0.39, 0.29) is 0 Å². The molecule has 1 aromatic heterocycles. The number of hydrogen-bond acceptors (Lipinski definition) is 4. The Labute approximate surface area is 128 Å². The third kappa shape index (κ3) is 1.98. The number of anilines is 1. The van der Waals surface area contributed by atoms with Crippen LogP contribution in [0.3, 0.4) is 0 Å². The maximum Gasteiger partial charge on any atom is 0.209 e. The number of aromatic amines is 1. The van der Waals surface area contributed by atoms with Gasteiger partial charge in [0, 0.05) is 18.0 Å². The van der Waals surface area contributed by atoms with Crippen molar-refractivity contribution in [2.45, 2.75) is 0 Å². The third-order valence-corrected chi connectivity index (χ3v) is 3.80. The number of imidazole rings is 1. The molecule has 0 atom stereocenters. The van der Waals surface area contributed by atoms with Gasteiger partial charge in [0.15, 0.2) is 0 Å². The summed E-state index contributed by atoms with van der Waals surface area (Å²) in [5.41, 5.74) is 4.07. The molecule has 4 rings (SSSR count). The average molecular weight is 292 g/mol. The van der Waals surface area contributed by atoms with Gasteiger partial charge in [0.25, 0.3) is 0 Å². The van der Waals surface area contributed by atoms with E-state index in [1.54, 1.807) is 7.11 Å². The second-order valence-corrected chi connectivity index (χ2v) is 5.11. The summed E-state index contributed by atoms with van der Waals surface area (Å²) in [6.45, 7) is 0.711. The Morgan fingerprint density at radius 3 is 2.73 bits per heavy atom. The number of ether oxygens (including phenoxy) is 1. The monoisotopic (exact) mass is 292 g/mol. The second-order valence-electron chi connectivity index (χ2n) is 5.11. The van der Waals surface area contributed by atoms with Crippen molar-refractivity contribution in [1.82, 2.24) is 15.3 Å². The molecule has 0 radical (unpaired) electrons. The largest absolute Gasteiger partial charge is 0.494 e. The molecule has 0 bridgehead atoms. The molecule has 0 amide bonds.